The number of benzene rings is 1. The Kier molecular flexibility index (Phi) is 4.27. The van der Waals surface area contributed by atoms with Crippen molar-refractivity contribution < 1.29 is 24.3 Å². The van der Waals surface area contributed by atoms with Gasteiger partial charge in [0.1, 0.15) is 6.54 Å². The summed E-state index contributed by atoms with van der Waals surface area (Å²) in [6.07, 6.45) is 1.17. The van der Waals surface area contributed by atoms with E-state index in [1.165, 1.54) is 16.0 Å². The van der Waals surface area contributed by atoms with E-state index in [0.717, 1.165) is 31.0 Å². The number of aliphatic carboxylic acids is 1. The summed E-state index contributed by atoms with van der Waals surface area (Å²) >= 11 is 0. The lowest BCUT2D eigenvalue weighted by atomic mass is 9.98. The van der Waals surface area contributed by atoms with Crippen molar-refractivity contribution in [1.29, 1.82) is 0 Å². The number of quaternary nitrogens is 1. The predicted molar refractivity (Wildman–Crippen MR) is 69.9 cm³/mol. The molecule has 0 saturated heterocycles. The number of nitrogens with one attached hydrogen (secondary N) is 1. The first-order valence-corrected chi connectivity index (χ1v) is 6.43. The normalized spacial score (nSPS) is 17.7. The van der Waals surface area contributed by atoms with Crippen LogP contribution in [0.4, 0.5) is 0 Å². The minimum atomic E-state index is -0.731. The molecule has 1 aromatic carbocycles. The number of ether oxygens (including phenoxy) is 2. The number of carboxylic acid groups (broad SMARTS) is 1. The molecule has 1 aliphatic heterocycles. The van der Waals surface area contributed by atoms with Crippen molar-refractivity contribution in [2.75, 3.05) is 27.3 Å². The van der Waals surface area contributed by atoms with E-state index in [2.05, 4.69) is 0 Å². The van der Waals surface area contributed by atoms with Gasteiger partial charge >= 0.3 is 5.97 Å². The lowest BCUT2D eigenvalue weighted by Crippen LogP contribution is -3.11. The second-order valence-corrected chi connectivity index (χ2v) is 4.80. The van der Waals surface area contributed by atoms with Gasteiger partial charge in [0.2, 0.25) is 0 Å². The van der Waals surface area contributed by atoms with Crippen LogP contribution in [0, 0.1) is 0 Å². The molecule has 0 saturated carbocycles. The summed E-state index contributed by atoms with van der Waals surface area (Å²) in [5.74, 6) is 0.765. The van der Waals surface area contributed by atoms with Gasteiger partial charge < -0.3 is 19.5 Å². The number of hydrogen-bond donors (Lipinski definition) is 2. The fourth-order valence-corrected chi connectivity index (χ4v) is 2.53. The minimum Gasteiger partial charge on any atom is -0.493 e. The lowest BCUT2D eigenvalue weighted by molar-refractivity contribution is -0.915. The van der Waals surface area contributed by atoms with Gasteiger partial charge in [-0.15, -0.1) is 0 Å². The molecule has 2 rings (SSSR count). The van der Waals surface area contributed by atoms with Gasteiger partial charge in [0.25, 0.3) is 0 Å². The maximum atomic E-state index is 10.6. The average Bonchev–Trinajstić information content (AvgIpc) is 2.43. The minimum absolute atomic E-state index is 0.220. The molecule has 0 aromatic heterocycles. The Balaban J connectivity index is 2.13. The van der Waals surface area contributed by atoms with Gasteiger partial charge in [0, 0.05) is 12.0 Å². The van der Waals surface area contributed by atoms with E-state index in [1.807, 2.05) is 12.1 Å². The molecule has 0 fully saturated rings. The highest BCUT2D eigenvalue weighted by atomic mass is 16.5. The molecule has 104 valence electrons. The highest BCUT2D eigenvalue weighted by Crippen LogP contribution is 2.31. The van der Waals surface area contributed by atoms with Gasteiger partial charge in [-0.05, 0) is 17.7 Å². The number of fused-ring (bicyclic) bond motifs is 1. The molecule has 1 atom stereocenters. The van der Waals surface area contributed by atoms with E-state index in [0.29, 0.717) is 6.54 Å². The molecular weight excluding hydrogens is 246 g/mol. The molecule has 1 heterocycles. The number of hydrogen-bond acceptors (Lipinski definition) is 3. The molecule has 19 heavy (non-hydrogen) atoms. The zero-order chi connectivity index (χ0) is 13.8. The van der Waals surface area contributed by atoms with Crippen LogP contribution in [0.5, 0.6) is 11.5 Å². The van der Waals surface area contributed by atoms with Crippen LogP contribution >= 0.6 is 0 Å². The summed E-state index contributed by atoms with van der Waals surface area (Å²) in [5, 5.41) is 8.74. The second-order valence-electron chi connectivity index (χ2n) is 4.80. The maximum Gasteiger partial charge on any atom is 0.309 e. The number of rotatable bonds is 5. The summed E-state index contributed by atoms with van der Waals surface area (Å²) in [4.78, 5) is 11.9. The molecule has 0 radical (unpaired) electrons. The van der Waals surface area contributed by atoms with Crippen molar-refractivity contribution in [3.8, 4) is 11.5 Å². The third-order valence-corrected chi connectivity index (χ3v) is 3.59. The number of carboxylic acids is 1. The van der Waals surface area contributed by atoms with E-state index in [-0.39, 0.29) is 6.42 Å². The highest BCUT2D eigenvalue weighted by Gasteiger charge is 2.22. The van der Waals surface area contributed by atoms with Crippen LogP contribution in [0.2, 0.25) is 0 Å². The molecule has 5 heteroatoms. The van der Waals surface area contributed by atoms with E-state index in [4.69, 9.17) is 14.6 Å². The van der Waals surface area contributed by atoms with Gasteiger partial charge in [-0.2, -0.15) is 0 Å². The first kappa shape index (κ1) is 13.7. The van der Waals surface area contributed by atoms with Crippen molar-refractivity contribution in [3.63, 3.8) is 0 Å². The maximum absolute atomic E-state index is 10.6. The van der Waals surface area contributed by atoms with E-state index >= 15 is 0 Å². The van der Waals surface area contributed by atoms with Crippen molar-refractivity contribution in [2.24, 2.45) is 0 Å². The fraction of sp³-hybridized carbons (Fsp3) is 0.500. The largest absolute Gasteiger partial charge is 0.493 e. The zero-order valence-corrected chi connectivity index (χ0v) is 11.4. The first-order valence-electron chi connectivity index (χ1n) is 6.43. The van der Waals surface area contributed by atoms with Gasteiger partial charge in [-0.25, -0.2) is 0 Å². The Labute approximate surface area is 112 Å². The number of methoxy groups -OCH3 is 2. The molecule has 0 spiro atoms. The smallest absolute Gasteiger partial charge is 0.309 e. The van der Waals surface area contributed by atoms with Crippen LogP contribution in [-0.4, -0.2) is 38.4 Å². The van der Waals surface area contributed by atoms with E-state index in [9.17, 15) is 4.79 Å². The van der Waals surface area contributed by atoms with Crippen molar-refractivity contribution in [2.45, 2.75) is 19.4 Å². The third kappa shape index (κ3) is 3.17. The van der Waals surface area contributed by atoms with Crippen LogP contribution in [-0.2, 0) is 17.8 Å². The van der Waals surface area contributed by atoms with Crippen LogP contribution in [0.25, 0.3) is 0 Å². The molecular formula is C14H20NO4+. The monoisotopic (exact) mass is 266 g/mol. The summed E-state index contributed by atoms with van der Waals surface area (Å²) in [5.41, 5.74) is 2.50. The molecule has 1 aliphatic rings. The van der Waals surface area contributed by atoms with Crippen molar-refractivity contribution in [1.82, 2.24) is 0 Å². The van der Waals surface area contributed by atoms with Crippen LogP contribution in [0.15, 0.2) is 12.1 Å². The van der Waals surface area contributed by atoms with E-state index < -0.39 is 5.97 Å². The molecule has 0 aliphatic carbocycles. The zero-order valence-electron chi connectivity index (χ0n) is 11.4. The quantitative estimate of drug-likeness (QED) is 0.795. The first-order chi connectivity index (χ1) is 9.13. The molecule has 1 aromatic rings. The van der Waals surface area contributed by atoms with Gasteiger partial charge in [0.05, 0.1) is 33.7 Å². The van der Waals surface area contributed by atoms with Crippen molar-refractivity contribution >= 4 is 5.97 Å². The standard InChI is InChI=1S/C14H19NO4/c1-18-12-7-10-3-5-15(6-4-14(16)17)9-11(10)8-13(12)19-2/h7-8H,3-6,9H2,1-2H3,(H,16,17)/p+1. The SMILES string of the molecule is COc1cc2c(cc1OC)C[NH+](CCC(=O)O)CC2. The molecule has 1 unspecified atom stereocenters. The third-order valence-electron chi connectivity index (χ3n) is 3.59. The highest BCUT2D eigenvalue weighted by molar-refractivity contribution is 5.66. The summed E-state index contributed by atoms with van der Waals surface area (Å²) in [6.45, 7) is 2.49. The van der Waals surface area contributed by atoms with Crippen LogP contribution < -0.4 is 14.4 Å². The van der Waals surface area contributed by atoms with Crippen LogP contribution in [0.1, 0.15) is 17.5 Å². The Hall–Kier alpha value is -1.75. The Bertz CT molecular complexity index is 473. The fourth-order valence-electron chi connectivity index (χ4n) is 2.53. The lowest BCUT2D eigenvalue weighted by Gasteiger charge is -2.26. The van der Waals surface area contributed by atoms with Crippen LogP contribution in [0.3, 0.4) is 0 Å². The summed E-state index contributed by atoms with van der Waals surface area (Å²) < 4.78 is 10.6. The molecule has 0 bridgehead atoms. The average molecular weight is 266 g/mol. The topological polar surface area (TPSA) is 60.2 Å². The summed E-state index contributed by atoms with van der Waals surface area (Å²) in [6, 6.07) is 4.04. The Morgan fingerprint density at radius 2 is 1.89 bits per heavy atom. The van der Waals surface area contributed by atoms with Crippen molar-refractivity contribution in [3.05, 3.63) is 23.3 Å². The molecule has 2 N–H and O–H groups in total. The Morgan fingerprint density at radius 3 is 2.47 bits per heavy atom. The molecule has 0 amide bonds. The predicted octanol–water partition coefficient (Wildman–Crippen LogP) is 0.120. The van der Waals surface area contributed by atoms with Gasteiger partial charge in [-0.1, -0.05) is 0 Å². The van der Waals surface area contributed by atoms with Gasteiger partial charge in [0.15, 0.2) is 11.5 Å². The second kappa shape index (κ2) is 5.93. The Morgan fingerprint density at radius 1 is 1.26 bits per heavy atom. The number of carbonyl (C=O) groups is 1. The molecule has 5 nitrogen and oxygen atoms in total. The van der Waals surface area contributed by atoms with Gasteiger partial charge in [-0.3, -0.25) is 4.79 Å². The van der Waals surface area contributed by atoms with E-state index in [1.54, 1.807) is 14.2 Å². The summed E-state index contributed by atoms with van der Waals surface area (Å²) in [7, 11) is 3.26.